The van der Waals surface area contributed by atoms with Gasteiger partial charge in [-0.2, -0.15) is 0 Å². The molecule has 1 unspecified atom stereocenters. The fourth-order valence-electron chi connectivity index (χ4n) is 1.84. The summed E-state index contributed by atoms with van der Waals surface area (Å²) in [6, 6.07) is 8.51. The molecule has 0 saturated heterocycles. The molecular weight excluding hydrogens is 244 g/mol. The smallest absolute Gasteiger partial charge is 0.0794 e. The highest BCUT2D eigenvalue weighted by molar-refractivity contribution is 7.09. The molecule has 2 aromatic rings. The maximum absolute atomic E-state index is 5.67. The molecule has 0 saturated carbocycles. The van der Waals surface area contributed by atoms with Crippen LogP contribution in [0.2, 0.25) is 0 Å². The average Bonchev–Trinajstić information content (AvgIpc) is 2.89. The van der Waals surface area contributed by atoms with Crippen LogP contribution in [-0.4, -0.2) is 19.1 Å². The molecule has 0 spiro atoms. The largest absolute Gasteiger partial charge is 0.378 e. The van der Waals surface area contributed by atoms with E-state index in [9.17, 15) is 0 Å². The number of hydrazine groups is 1. The van der Waals surface area contributed by atoms with E-state index in [0.717, 1.165) is 6.42 Å². The maximum Gasteiger partial charge on any atom is 0.0794 e. The molecule has 0 bridgehead atoms. The minimum Gasteiger partial charge on any atom is -0.378 e. The molecule has 4 nitrogen and oxygen atoms in total. The van der Waals surface area contributed by atoms with E-state index in [-0.39, 0.29) is 6.04 Å². The quantitative estimate of drug-likeness (QED) is 0.639. The Kier molecular flexibility index (Phi) is 4.30. The fraction of sp³-hybridized carbons (Fsp3) is 0.308. The molecule has 2 rings (SSSR count). The van der Waals surface area contributed by atoms with Crippen LogP contribution in [0, 0.1) is 0 Å². The second-order valence-electron chi connectivity index (χ2n) is 4.38. The van der Waals surface area contributed by atoms with Crippen molar-refractivity contribution in [1.82, 2.24) is 10.4 Å². The first-order chi connectivity index (χ1) is 8.70. The molecule has 0 aliphatic carbocycles. The number of hydrogen-bond donors (Lipinski definition) is 2. The van der Waals surface area contributed by atoms with E-state index in [4.69, 9.17) is 5.84 Å². The molecule has 1 aromatic heterocycles. The Hall–Kier alpha value is -1.43. The molecule has 0 radical (unpaired) electrons. The third kappa shape index (κ3) is 3.07. The summed E-state index contributed by atoms with van der Waals surface area (Å²) in [6.45, 7) is 0. The zero-order valence-electron chi connectivity index (χ0n) is 10.6. The molecule has 0 aliphatic heterocycles. The Morgan fingerprint density at radius 1 is 1.44 bits per heavy atom. The monoisotopic (exact) mass is 262 g/mol. The summed E-state index contributed by atoms with van der Waals surface area (Å²) in [5.41, 5.74) is 7.10. The number of thiazole rings is 1. The van der Waals surface area contributed by atoms with Crippen molar-refractivity contribution < 1.29 is 0 Å². The Morgan fingerprint density at radius 3 is 2.89 bits per heavy atom. The number of benzene rings is 1. The van der Waals surface area contributed by atoms with Gasteiger partial charge in [-0.25, -0.2) is 0 Å². The van der Waals surface area contributed by atoms with Gasteiger partial charge >= 0.3 is 0 Å². The average molecular weight is 262 g/mol. The van der Waals surface area contributed by atoms with Crippen molar-refractivity contribution in [3.63, 3.8) is 0 Å². The molecule has 5 heteroatoms. The van der Waals surface area contributed by atoms with Gasteiger partial charge < -0.3 is 4.90 Å². The van der Waals surface area contributed by atoms with Gasteiger partial charge in [-0.15, -0.1) is 11.3 Å². The topological polar surface area (TPSA) is 54.2 Å². The number of anilines is 1. The van der Waals surface area contributed by atoms with Crippen molar-refractivity contribution in [2.75, 3.05) is 19.0 Å². The first-order valence-corrected chi connectivity index (χ1v) is 6.69. The molecular formula is C13H18N4S. The molecule has 0 amide bonds. The van der Waals surface area contributed by atoms with Crippen LogP contribution in [0.4, 0.5) is 5.69 Å². The van der Waals surface area contributed by atoms with Gasteiger partial charge in [-0.1, -0.05) is 12.1 Å². The van der Waals surface area contributed by atoms with Gasteiger partial charge in [0.25, 0.3) is 0 Å². The van der Waals surface area contributed by atoms with Crippen LogP contribution >= 0.6 is 11.3 Å². The van der Waals surface area contributed by atoms with Crippen molar-refractivity contribution in [3.05, 3.63) is 46.4 Å². The highest BCUT2D eigenvalue weighted by Crippen LogP contribution is 2.23. The van der Waals surface area contributed by atoms with E-state index in [1.54, 1.807) is 11.3 Å². The van der Waals surface area contributed by atoms with Crippen LogP contribution < -0.4 is 16.2 Å². The fourth-order valence-corrected chi connectivity index (χ4v) is 2.48. The molecule has 3 N–H and O–H groups in total. The Bertz CT molecular complexity index is 481. The van der Waals surface area contributed by atoms with Crippen LogP contribution in [0.1, 0.15) is 16.5 Å². The predicted octanol–water partition coefficient (Wildman–Crippen LogP) is 1.96. The van der Waals surface area contributed by atoms with Crippen molar-refractivity contribution >= 4 is 17.0 Å². The molecule has 1 aromatic carbocycles. The van der Waals surface area contributed by atoms with Crippen molar-refractivity contribution in [2.24, 2.45) is 5.84 Å². The summed E-state index contributed by atoms with van der Waals surface area (Å²) in [6.07, 6.45) is 2.75. The van der Waals surface area contributed by atoms with Crippen LogP contribution in [0.5, 0.6) is 0 Å². The van der Waals surface area contributed by atoms with Gasteiger partial charge in [0.2, 0.25) is 0 Å². The minimum atomic E-state index is 0.116. The first kappa shape index (κ1) is 13.0. The minimum absolute atomic E-state index is 0.116. The van der Waals surface area contributed by atoms with Crippen LogP contribution in [0.15, 0.2) is 36.0 Å². The zero-order chi connectivity index (χ0) is 13.0. The summed E-state index contributed by atoms with van der Waals surface area (Å²) < 4.78 is 0. The zero-order valence-corrected chi connectivity index (χ0v) is 11.4. The van der Waals surface area contributed by atoms with E-state index < -0.39 is 0 Å². The van der Waals surface area contributed by atoms with Gasteiger partial charge in [0, 0.05) is 37.3 Å². The molecule has 1 heterocycles. The lowest BCUT2D eigenvalue weighted by Crippen LogP contribution is -2.29. The summed E-state index contributed by atoms with van der Waals surface area (Å²) in [5, 5.41) is 0. The van der Waals surface area contributed by atoms with Crippen molar-refractivity contribution in [2.45, 2.75) is 12.5 Å². The third-order valence-electron chi connectivity index (χ3n) is 2.88. The number of nitrogens with one attached hydrogen (secondary N) is 1. The first-order valence-electron chi connectivity index (χ1n) is 5.81. The second-order valence-corrected chi connectivity index (χ2v) is 5.35. The number of hydrogen-bond acceptors (Lipinski definition) is 5. The third-order valence-corrected chi connectivity index (χ3v) is 3.68. The van der Waals surface area contributed by atoms with Crippen molar-refractivity contribution in [1.29, 1.82) is 0 Å². The number of rotatable bonds is 5. The lowest BCUT2D eigenvalue weighted by Gasteiger charge is -2.19. The Morgan fingerprint density at radius 2 is 2.28 bits per heavy atom. The number of nitrogens with zero attached hydrogens (tertiary/aromatic N) is 2. The molecule has 96 valence electrons. The van der Waals surface area contributed by atoms with E-state index in [1.165, 1.54) is 16.1 Å². The van der Waals surface area contributed by atoms with Crippen LogP contribution in [-0.2, 0) is 6.42 Å². The second kappa shape index (κ2) is 5.95. The summed E-state index contributed by atoms with van der Waals surface area (Å²) in [7, 11) is 4.07. The SMILES string of the molecule is CN(C)c1cccc(C(Cc2cncs2)NN)c1. The van der Waals surface area contributed by atoms with Crippen LogP contribution in [0.3, 0.4) is 0 Å². The molecule has 0 fully saturated rings. The lowest BCUT2D eigenvalue weighted by atomic mass is 10.0. The summed E-state index contributed by atoms with van der Waals surface area (Å²) >= 11 is 1.65. The van der Waals surface area contributed by atoms with E-state index >= 15 is 0 Å². The van der Waals surface area contributed by atoms with Gasteiger partial charge in [-0.3, -0.25) is 16.3 Å². The molecule has 0 aliphatic rings. The van der Waals surface area contributed by atoms with Gasteiger partial charge in [0.1, 0.15) is 0 Å². The lowest BCUT2D eigenvalue weighted by molar-refractivity contribution is 0.555. The van der Waals surface area contributed by atoms with Gasteiger partial charge in [0.15, 0.2) is 0 Å². The van der Waals surface area contributed by atoms with Crippen LogP contribution in [0.25, 0.3) is 0 Å². The molecule has 1 atom stereocenters. The number of aromatic nitrogens is 1. The number of nitrogens with two attached hydrogens (primary N) is 1. The standard InChI is InChI=1S/C13H18N4S/c1-17(2)11-5-3-4-10(6-11)13(16-14)7-12-8-15-9-18-12/h3-6,8-9,13,16H,7,14H2,1-2H3. The maximum atomic E-state index is 5.67. The van der Waals surface area contributed by atoms with Gasteiger partial charge in [0.05, 0.1) is 11.6 Å². The van der Waals surface area contributed by atoms with E-state index in [0.29, 0.717) is 0 Å². The predicted molar refractivity (Wildman–Crippen MR) is 76.7 cm³/mol. The summed E-state index contributed by atoms with van der Waals surface area (Å²) in [4.78, 5) is 7.41. The molecule has 18 heavy (non-hydrogen) atoms. The Labute approximate surface area is 111 Å². The van der Waals surface area contributed by atoms with Gasteiger partial charge in [-0.05, 0) is 17.7 Å². The highest BCUT2D eigenvalue weighted by atomic mass is 32.1. The highest BCUT2D eigenvalue weighted by Gasteiger charge is 2.12. The Balaban J connectivity index is 2.19. The normalized spacial score (nSPS) is 12.4. The van der Waals surface area contributed by atoms with E-state index in [1.807, 2.05) is 25.8 Å². The summed E-state index contributed by atoms with van der Waals surface area (Å²) in [5.74, 6) is 5.67. The van der Waals surface area contributed by atoms with E-state index in [2.05, 4.69) is 39.6 Å². The van der Waals surface area contributed by atoms with Crippen molar-refractivity contribution in [3.8, 4) is 0 Å².